The highest BCUT2D eigenvalue weighted by atomic mass is 79.9. The quantitative estimate of drug-likeness (QED) is 0.356. The molecule has 1 unspecified atom stereocenters. The van der Waals surface area contributed by atoms with Crippen molar-refractivity contribution in [3.05, 3.63) is 28.7 Å². The molecule has 7 heteroatoms. The van der Waals surface area contributed by atoms with Gasteiger partial charge in [0, 0.05) is 26.1 Å². The smallest absolute Gasteiger partial charge is 0.222 e. The number of carbonyl (C=O) groups excluding carboxylic acids is 1. The third kappa shape index (κ3) is 7.68. The Labute approximate surface area is 152 Å². The van der Waals surface area contributed by atoms with Crippen LogP contribution < -0.4 is 20.7 Å². The first-order valence-corrected chi connectivity index (χ1v) is 8.86. The first-order valence-electron chi connectivity index (χ1n) is 8.07. The molecule has 1 rings (SSSR count). The standard InChI is InChI=1S/C17H27BrN4O2/c1-12(2)16(23)20-9-10-21-17(19-4)22-11-13(3)24-15-8-6-5-7-14(15)18/h5-8,12-13H,9-11H2,1-4H3,(H,20,23)(H2,19,21,22). The van der Waals surface area contributed by atoms with Crippen molar-refractivity contribution in [1.29, 1.82) is 0 Å². The van der Waals surface area contributed by atoms with Crippen molar-refractivity contribution in [1.82, 2.24) is 16.0 Å². The number of para-hydroxylation sites is 1. The number of carbonyl (C=O) groups is 1. The van der Waals surface area contributed by atoms with Crippen molar-refractivity contribution < 1.29 is 9.53 Å². The average molecular weight is 399 g/mol. The molecule has 134 valence electrons. The summed E-state index contributed by atoms with van der Waals surface area (Å²) in [5, 5.41) is 9.21. The van der Waals surface area contributed by atoms with Crippen LogP contribution in [-0.2, 0) is 4.79 Å². The van der Waals surface area contributed by atoms with E-state index in [-0.39, 0.29) is 17.9 Å². The molecule has 0 aliphatic rings. The maximum atomic E-state index is 11.5. The number of hydrogen-bond donors (Lipinski definition) is 3. The Bertz CT molecular complexity index is 549. The van der Waals surface area contributed by atoms with Gasteiger partial charge < -0.3 is 20.7 Å². The predicted molar refractivity (Wildman–Crippen MR) is 101 cm³/mol. The lowest BCUT2D eigenvalue weighted by Gasteiger charge is -2.18. The monoisotopic (exact) mass is 398 g/mol. The number of amides is 1. The zero-order valence-corrected chi connectivity index (χ0v) is 16.3. The average Bonchev–Trinajstić information content (AvgIpc) is 2.56. The molecule has 0 saturated heterocycles. The number of guanidine groups is 1. The van der Waals surface area contributed by atoms with E-state index in [2.05, 4.69) is 36.9 Å². The molecule has 24 heavy (non-hydrogen) atoms. The molecule has 1 aromatic rings. The topological polar surface area (TPSA) is 74.8 Å². The molecule has 0 bridgehead atoms. The summed E-state index contributed by atoms with van der Waals surface area (Å²) in [5.74, 6) is 1.54. The summed E-state index contributed by atoms with van der Waals surface area (Å²) in [4.78, 5) is 15.6. The molecular formula is C17H27BrN4O2. The van der Waals surface area contributed by atoms with E-state index in [1.165, 1.54) is 0 Å². The molecule has 0 radical (unpaired) electrons. The summed E-state index contributed by atoms with van der Waals surface area (Å²) < 4.78 is 6.81. The highest BCUT2D eigenvalue weighted by Crippen LogP contribution is 2.24. The van der Waals surface area contributed by atoms with Crippen LogP contribution in [0, 0.1) is 5.92 Å². The van der Waals surface area contributed by atoms with E-state index in [4.69, 9.17) is 4.74 Å². The Hall–Kier alpha value is -1.76. The summed E-state index contributed by atoms with van der Waals surface area (Å²) >= 11 is 3.47. The second kappa shape index (κ2) is 10.9. The third-order valence-corrected chi connectivity index (χ3v) is 3.84. The molecule has 6 nitrogen and oxygen atoms in total. The minimum Gasteiger partial charge on any atom is -0.488 e. The Kier molecular flexibility index (Phi) is 9.22. The number of benzene rings is 1. The minimum atomic E-state index is -0.0251. The van der Waals surface area contributed by atoms with Crippen molar-refractivity contribution in [2.24, 2.45) is 10.9 Å². The van der Waals surface area contributed by atoms with Gasteiger partial charge in [0.1, 0.15) is 11.9 Å². The molecule has 0 aromatic heterocycles. The van der Waals surface area contributed by atoms with Crippen LogP contribution in [0.5, 0.6) is 5.75 Å². The van der Waals surface area contributed by atoms with E-state index in [0.717, 1.165) is 10.2 Å². The molecule has 0 spiro atoms. The number of rotatable bonds is 8. The molecule has 3 N–H and O–H groups in total. The Morgan fingerprint density at radius 1 is 1.17 bits per heavy atom. The van der Waals surface area contributed by atoms with Crippen molar-refractivity contribution in [3.8, 4) is 5.75 Å². The maximum Gasteiger partial charge on any atom is 0.222 e. The lowest BCUT2D eigenvalue weighted by molar-refractivity contribution is -0.123. The molecular weight excluding hydrogens is 372 g/mol. The van der Waals surface area contributed by atoms with Crippen LogP contribution >= 0.6 is 15.9 Å². The molecule has 1 atom stereocenters. The summed E-state index contributed by atoms with van der Waals surface area (Å²) in [6, 6.07) is 7.75. The number of nitrogens with one attached hydrogen (secondary N) is 3. The lowest BCUT2D eigenvalue weighted by Crippen LogP contribution is -2.44. The molecule has 1 amide bonds. The molecule has 0 heterocycles. The van der Waals surface area contributed by atoms with Gasteiger partial charge in [-0.15, -0.1) is 0 Å². The van der Waals surface area contributed by atoms with Gasteiger partial charge in [0.2, 0.25) is 5.91 Å². The van der Waals surface area contributed by atoms with E-state index in [0.29, 0.717) is 25.6 Å². The summed E-state index contributed by atoms with van der Waals surface area (Å²) in [7, 11) is 1.71. The summed E-state index contributed by atoms with van der Waals surface area (Å²) in [6.07, 6.45) is -0.0251. The van der Waals surface area contributed by atoms with Crippen molar-refractivity contribution >= 4 is 27.8 Å². The van der Waals surface area contributed by atoms with E-state index < -0.39 is 0 Å². The van der Waals surface area contributed by atoms with Gasteiger partial charge in [0.05, 0.1) is 11.0 Å². The maximum absolute atomic E-state index is 11.5. The van der Waals surface area contributed by atoms with Gasteiger partial charge >= 0.3 is 0 Å². The van der Waals surface area contributed by atoms with Gasteiger partial charge in [-0.1, -0.05) is 26.0 Å². The number of ether oxygens (including phenoxy) is 1. The van der Waals surface area contributed by atoms with E-state index in [9.17, 15) is 4.79 Å². The summed E-state index contributed by atoms with van der Waals surface area (Å²) in [5.41, 5.74) is 0. The SMILES string of the molecule is CN=C(NCCNC(=O)C(C)C)NCC(C)Oc1ccccc1Br. The number of nitrogens with zero attached hydrogens (tertiary/aromatic N) is 1. The van der Waals surface area contributed by atoms with Gasteiger partial charge in [0.15, 0.2) is 5.96 Å². The van der Waals surface area contributed by atoms with E-state index >= 15 is 0 Å². The second-order valence-electron chi connectivity index (χ2n) is 5.68. The largest absolute Gasteiger partial charge is 0.488 e. The number of halogens is 1. The van der Waals surface area contributed by atoms with E-state index in [1.54, 1.807) is 7.05 Å². The Morgan fingerprint density at radius 3 is 2.46 bits per heavy atom. The van der Waals surface area contributed by atoms with Gasteiger partial charge in [-0.05, 0) is 35.0 Å². The van der Waals surface area contributed by atoms with E-state index in [1.807, 2.05) is 45.0 Å². The summed E-state index contributed by atoms with van der Waals surface area (Å²) in [6.45, 7) is 7.51. The highest BCUT2D eigenvalue weighted by Gasteiger charge is 2.08. The zero-order chi connectivity index (χ0) is 17.9. The molecule has 0 fully saturated rings. The van der Waals surface area contributed by atoms with Gasteiger partial charge in [0.25, 0.3) is 0 Å². The van der Waals surface area contributed by atoms with Crippen molar-refractivity contribution in [2.75, 3.05) is 26.7 Å². The number of aliphatic imine (C=N–C) groups is 1. The van der Waals surface area contributed by atoms with Crippen LogP contribution in [0.1, 0.15) is 20.8 Å². The zero-order valence-electron chi connectivity index (χ0n) is 14.7. The first kappa shape index (κ1) is 20.3. The van der Waals surface area contributed by atoms with Crippen LogP contribution in [0.2, 0.25) is 0 Å². The van der Waals surface area contributed by atoms with Crippen LogP contribution in [0.4, 0.5) is 0 Å². The normalized spacial score (nSPS) is 12.7. The Morgan fingerprint density at radius 2 is 1.83 bits per heavy atom. The fraction of sp³-hybridized carbons (Fsp3) is 0.529. The molecule has 0 aliphatic carbocycles. The molecule has 0 aliphatic heterocycles. The van der Waals surface area contributed by atoms with Crippen molar-refractivity contribution in [2.45, 2.75) is 26.9 Å². The van der Waals surface area contributed by atoms with Crippen LogP contribution in [0.15, 0.2) is 33.7 Å². The highest BCUT2D eigenvalue weighted by molar-refractivity contribution is 9.10. The second-order valence-corrected chi connectivity index (χ2v) is 6.54. The molecule has 1 aromatic carbocycles. The van der Waals surface area contributed by atoms with Crippen LogP contribution in [0.3, 0.4) is 0 Å². The fourth-order valence-corrected chi connectivity index (χ4v) is 2.21. The fourth-order valence-electron chi connectivity index (χ4n) is 1.83. The van der Waals surface area contributed by atoms with Gasteiger partial charge in [-0.3, -0.25) is 9.79 Å². The first-order chi connectivity index (χ1) is 11.4. The lowest BCUT2D eigenvalue weighted by atomic mass is 10.2. The van der Waals surface area contributed by atoms with Gasteiger partial charge in [-0.2, -0.15) is 0 Å². The van der Waals surface area contributed by atoms with Crippen molar-refractivity contribution in [3.63, 3.8) is 0 Å². The third-order valence-electron chi connectivity index (χ3n) is 3.19. The minimum absolute atomic E-state index is 0.00209. The number of hydrogen-bond acceptors (Lipinski definition) is 3. The van der Waals surface area contributed by atoms with Gasteiger partial charge in [-0.25, -0.2) is 0 Å². The molecule has 0 saturated carbocycles. The van der Waals surface area contributed by atoms with Crippen LogP contribution in [-0.4, -0.2) is 44.7 Å². The predicted octanol–water partition coefficient (Wildman–Crippen LogP) is 2.15. The van der Waals surface area contributed by atoms with Crippen LogP contribution in [0.25, 0.3) is 0 Å². The Balaban J connectivity index is 2.28.